The summed E-state index contributed by atoms with van der Waals surface area (Å²) in [7, 11) is 1.89. The van der Waals surface area contributed by atoms with Gasteiger partial charge in [0.15, 0.2) is 11.5 Å². The van der Waals surface area contributed by atoms with Crippen LogP contribution in [0.2, 0.25) is 0 Å². The molecule has 3 aromatic heterocycles. The van der Waals surface area contributed by atoms with Gasteiger partial charge >= 0.3 is 0 Å². The van der Waals surface area contributed by atoms with E-state index >= 15 is 0 Å². The number of aryl methyl sites for hydroxylation is 1. The van der Waals surface area contributed by atoms with Crippen molar-refractivity contribution in [2.45, 2.75) is 25.4 Å². The van der Waals surface area contributed by atoms with Gasteiger partial charge in [-0.2, -0.15) is 5.10 Å². The first-order valence-corrected chi connectivity index (χ1v) is 11.2. The summed E-state index contributed by atoms with van der Waals surface area (Å²) in [6, 6.07) is 13.6. The number of anilines is 2. The number of nitrogens with one attached hydrogen (secondary N) is 2. The van der Waals surface area contributed by atoms with Crippen LogP contribution in [0.1, 0.15) is 28.8 Å². The molecule has 0 atom stereocenters. The summed E-state index contributed by atoms with van der Waals surface area (Å²) in [6.45, 7) is 0.567. The van der Waals surface area contributed by atoms with Gasteiger partial charge in [0, 0.05) is 48.2 Å². The van der Waals surface area contributed by atoms with Crippen LogP contribution in [0, 0.1) is 0 Å². The Labute approximate surface area is 195 Å². The zero-order chi connectivity index (χ0) is 23.2. The summed E-state index contributed by atoms with van der Waals surface area (Å²) in [5, 5.41) is 10.7. The summed E-state index contributed by atoms with van der Waals surface area (Å²) < 4.78 is 3.84. The van der Waals surface area contributed by atoms with Crippen LogP contribution in [0.3, 0.4) is 0 Å². The molecule has 1 aliphatic carbocycles. The van der Waals surface area contributed by atoms with Gasteiger partial charge in [0.1, 0.15) is 0 Å². The molecule has 5 aromatic rings. The number of rotatable bonds is 6. The summed E-state index contributed by atoms with van der Waals surface area (Å²) in [4.78, 5) is 21.9. The number of hydrogen-bond donors (Lipinski definition) is 3. The van der Waals surface area contributed by atoms with Crippen LogP contribution in [-0.4, -0.2) is 36.1 Å². The number of imidazole rings is 1. The molecule has 0 bridgehead atoms. The monoisotopic (exact) mass is 452 g/mol. The maximum Gasteiger partial charge on any atom is 0.251 e. The molecule has 9 nitrogen and oxygen atoms in total. The third kappa shape index (κ3) is 3.71. The van der Waals surface area contributed by atoms with Crippen molar-refractivity contribution in [2.24, 2.45) is 7.05 Å². The highest BCUT2D eigenvalue weighted by Crippen LogP contribution is 2.30. The van der Waals surface area contributed by atoms with E-state index < -0.39 is 0 Å². The molecule has 1 saturated carbocycles. The third-order valence-corrected chi connectivity index (χ3v) is 6.02. The number of carbonyl (C=O) groups excluding carboxylic acids is 1. The van der Waals surface area contributed by atoms with Gasteiger partial charge in [-0.25, -0.2) is 9.97 Å². The summed E-state index contributed by atoms with van der Waals surface area (Å²) in [6.07, 6.45) is 7.74. The van der Waals surface area contributed by atoms with Crippen molar-refractivity contribution in [1.82, 2.24) is 29.5 Å². The number of aromatic nitrogens is 5. The maximum absolute atomic E-state index is 12.4. The molecule has 0 saturated heterocycles. The van der Waals surface area contributed by atoms with E-state index in [0.29, 0.717) is 35.3 Å². The Morgan fingerprint density at radius 3 is 2.71 bits per heavy atom. The van der Waals surface area contributed by atoms with E-state index in [1.807, 2.05) is 68.1 Å². The Bertz CT molecular complexity index is 1530. The molecule has 1 aliphatic rings. The molecule has 1 fully saturated rings. The molecule has 9 heteroatoms. The highest BCUT2D eigenvalue weighted by Gasteiger charge is 2.24. The van der Waals surface area contributed by atoms with Gasteiger partial charge in [0.05, 0.1) is 29.1 Å². The van der Waals surface area contributed by atoms with Crippen molar-refractivity contribution in [3.8, 4) is 11.3 Å². The van der Waals surface area contributed by atoms with Gasteiger partial charge in [-0.1, -0.05) is 12.1 Å². The van der Waals surface area contributed by atoms with E-state index in [1.165, 1.54) is 0 Å². The highest BCUT2D eigenvalue weighted by atomic mass is 16.1. The van der Waals surface area contributed by atoms with Gasteiger partial charge in [0.2, 0.25) is 0 Å². The fraction of sp³-hybridized carbons (Fsp3) is 0.200. The molecular formula is C25H24N8O. The fourth-order valence-corrected chi connectivity index (χ4v) is 4.11. The summed E-state index contributed by atoms with van der Waals surface area (Å²) in [5.41, 5.74) is 12.6. The molecule has 6 rings (SSSR count). The first kappa shape index (κ1) is 20.2. The van der Waals surface area contributed by atoms with Crippen molar-refractivity contribution in [3.63, 3.8) is 0 Å². The second kappa shape index (κ2) is 7.87. The first-order valence-electron chi connectivity index (χ1n) is 11.2. The number of carbonyl (C=O) groups is 1. The second-order valence-electron chi connectivity index (χ2n) is 8.71. The molecule has 0 aliphatic heterocycles. The standard InChI is InChI=1S/C25H24N8O/c1-32-14-15(12-29-32)11-27-23-24-28-13-22(33(24)21-9-6-18(26)10-20(21)31-23)16-2-4-17(5-3-16)25(34)30-19-7-8-19/h2-6,9-10,12-14,19H,7-8,11,26H2,1H3,(H,27,31)(H,30,34). The summed E-state index contributed by atoms with van der Waals surface area (Å²) in [5.74, 6) is 0.632. The topological polar surface area (TPSA) is 115 Å². The Morgan fingerprint density at radius 1 is 1.15 bits per heavy atom. The van der Waals surface area contributed by atoms with Gasteiger partial charge in [0.25, 0.3) is 5.91 Å². The van der Waals surface area contributed by atoms with Crippen LogP contribution in [0.4, 0.5) is 11.5 Å². The highest BCUT2D eigenvalue weighted by molar-refractivity contribution is 5.95. The van der Waals surface area contributed by atoms with Crippen LogP contribution < -0.4 is 16.4 Å². The Morgan fingerprint density at radius 2 is 1.97 bits per heavy atom. The SMILES string of the molecule is Cn1cc(CNc2nc3cc(N)ccc3n3c(-c4ccc(C(=O)NC5CC5)cc4)cnc23)cn1. The predicted octanol–water partition coefficient (Wildman–Crippen LogP) is 3.37. The largest absolute Gasteiger partial charge is 0.399 e. The molecule has 34 heavy (non-hydrogen) atoms. The minimum atomic E-state index is -0.0285. The van der Waals surface area contributed by atoms with Crippen LogP contribution in [0.5, 0.6) is 0 Å². The fourth-order valence-electron chi connectivity index (χ4n) is 4.11. The predicted molar refractivity (Wildman–Crippen MR) is 131 cm³/mol. The van der Waals surface area contributed by atoms with Crippen LogP contribution in [-0.2, 0) is 13.6 Å². The lowest BCUT2D eigenvalue weighted by molar-refractivity contribution is 0.0951. The van der Waals surface area contributed by atoms with E-state index in [-0.39, 0.29) is 5.91 Å². The molecule has 170 valence electrons. The van der Waals surface area contributed by atoms with Crippen LogP contribution >= 0.6 is 0 Å². The zero-order valence-corrected chi connectivity index (χ0v) is 18.7. The zero-order valence-electron chi connectivity index (χ0n) is 18.7. The number of benzene rings is 2. The van der Waals surface area contributed by atoms with E-state index in [1.54, 1.807) is 4.68 Å². The molecule has 1 amide bonds. The van der Waals surface area contributed by atoms with Gasteiger partial charge in [-0.05, 0) is 43.2 Å². The van der Waals surface area contributed by atoms with E-state index in [9.17, 15) is 4.79 Å². The molecule has 3 heterocycles. The molecule has 0 spiro atoms. The van der Waals surface area contributed by atoms with Gasteiger partial charge < -0.3 is 16.4 Å². The van der Waals surface area contributed by atoms with Gasteiger partial charge in [-0.15, -0.1) is 0 Å². The minimum absolute atomic E-state index is 0.0285. The van der Waals surface area contributed by atoms with Gasteiger partial charge in [-0.3, -0.25) is 13.9 Å². The number of nitrogens with zero attached hydrogens (tertiary/aromatic N) is 5. The van der Waals surface area contributed by atoms with Crippen molar-refractivity contribution in [2.75, 3.05) is 11.1 Å². The quantitative estimate of drug-likeness (QED) is 0.340. The van der Waals surface area contributed by atoms with Crippen molar-refractivity contribution in [1.29, 1.82) is 0 Å². The number of hydrogen-bond acceptors (Lipinski definition) is 6. The van der Waals surface area contributed by atoms with Crippen molar-refractivity contribution in [3.05, 3.63) is 72.2 Å². The van der Waals surface area contributed by atoms with E-state index in [2.05, 4.69) is 20.1 Å². The smallest absolute Gasteiger partial charge is 0.251 e. The average molecular weight is 453 g/mol. The molecule has 0 unspecified atom stereocenters. The molecular weight excluding hydrogens is 428 g/mol. The third-order valence-electron chi connectivity index (χ3n) is 6.02. The lowest BCUT2D eigenvalue weighted by Gasteiger charge is -2.12. The minimum Gasteiger partial charge on any atom is -0.399 e. The normalized spacial score (nSPS) is 13.4. The maximum atomic E-state index is 12.4. The Balaban J connectivity index is 1.41. The second-order valence-corrected chi connectivity index (χ2v) is 8.71. The number of fused-ring (bicyclic) bond motifs is 3. The first-order chi connectivity index (χ1) is 16.5. The number of amides is 1. The van der Waals surface area contributed by atoms with E-state index in [4.69, 9.17) is 15.7 Å². The lowest BCUT2D eigenvalue weighted by atomic mass is 10.1. The van der Waals surface area contributed by atoms with Crippen molar-refractivity contribution >= 4 is 34.1 Å². The molecule has 2 aromatic carbocycles. The Kier molecular flexibility index (Phi) is 4.68. The van der Waals surface area contributed by atoms with Crippen LogP contribution in [0.25, 0.3) is 27.9 Å². The van der Waals surface area contributed by atoms with Crippen molar-refractivity contribution < 1.29 is 4.79 Å². The average Bonchev–Trinajstić information content (AvgIpc) is 3.37. The Hall–Kier alpha value is -4.40. The molecule has 0 radical (unpaired) electrons. The number of nitrogens with two attached hydrogens (primary N) is 1. The number of nitrogen functional groups attached to an aromatic ring is 1. The summed E-state index contributed by atoms with van der Waals surface area (Å²) >= 11 is 0. The molecule has 4 N–H and O–H groups in total. The van der Waals surface area contributed by atoms with Crippen LogP contribution in [0.15, 0.2) is 61.1 Å². The lowest BCUT2D eigenvalue weighted by Crippen LogP contribution is -2.25. The van der Waals surface area contributed by atoms with E-state index in [0.717, 1.165) is 40.7 Å².